The van der Waals surface area contributed by atoms with Gasteiger partial charge in [0.2, 0.25) is 0 Å². The molecule has 1 aliphatic rings. The summed E-state index contributed by atoms with van der Waals surface area (Å²) < 4.78 is 5.74. The molecule has 0 radical (unpaired) electrons. The van der Waals surface area contributed by atoms with Crippen LogP contribution in [-0.4, -0.2) is 18.4 Å². The first-order valence-electron chi connectivity index (χ1n) is 6.42. The molecule has 0 aromatic carbocycles. The third-order valence-corrected chi connectivity index (χ3v) is 3.03. The van der Waals surface area contributed by atoms with Gasteiger partial charge in [0.25, 0.3) is 0 Å². The van der Waals surface area contributed by atoms with Crippen LogP contribution in [0.15, 0.2) is 11.6 Å². The highest BCUT2D eigenvalue weighted by molar-refractivity contribution is 4.93. The first-order chi connectivity index (χ1) is 7.39. The van der Waals surface area contributed by atoms with Crippen molar-refractivity contribution in [2.45, 2.75) is 65.6 Å². The van der Waals surface area contributed by atoms with Crippen molar-refractivity contribution in [2.75, 3.05) is 6.61 Å². The molecular weight excluding hydrogens is 198 g/mol. The van der Waals surface area contributed by atoms with E-state index in [2.05, 4.69) is 46.0 Å². The van der Waals surface area contributed by atoms with E-state index < -0.39 is 0 Å². The molecule has 1 saturated heterocycles. The van der Waals surface area contributed by atoms with Crippen LogP contribution in [-0.2, 0) is 4.74 Å². The minimum absolute atomic E-state index is 0.157. The SMILES string of the molecule is CC(C)=CCCC(C)CC1NC(C)(C)CO1. The van der Waals surface area contributed by atoms with Crippen molar-refractivity contribution in [3.8, 4) is 0 Å². The van der Waals surface area contributed by atoms with Gasteiger partial charge >= 0.3 is 0 Å². The Balaban J connectivity index is 2.20. The number of allylic oxidation sites excluding steroid dienone is 2. The fourth-order valence-corrected chi connectivity index (χ4v) is 2.09. The van der Waals surface area contributed by atoms with Crippen molar-refractivity contribution in [3.63, 3.8) is 0 Å². The van der Waals surface area contributed by atoms with Crippen LogP contribution in [0.1, 0.15) is 53.9 Å². The van der Waals surface area contributed by atoms with Gasteiger partial charge in [-0.15, -0.1) is 0 Å². The van der Waals surface area contributed by atoms with E-state index in [0.717, 1.165) is 18.9 Å². The van der Waals surface area contributed by atoms with Gasteiger partial charge in [-0.25, -0.2) is 0 Å². The summed E-state index contributed by atoms with van der Waals surface area (Å²) in [6, 6.07) is 0. The maximum absolute atomic E-state index is 5.74. The molecule has 0 amide bonds. The van der Waals surface area contributed by atoms with Crippen molar-refractivity contribution in [2.24, 2.45) is 5.92 Å². The van der Waals surface area contributed by atoms with E-state index in [9.17, 15) is 0 Å². The number of hydrogen-bond donors (Lipinski definition) is 1. The Morgan fingerprint density at radius 2 is 2.19 bits per heavy atom. The van der Waals surface area contributed by atoms with Gasteiger partial charge in [-0.1, -0.05) is 18.6 Å². The van der Waals surface area contributed by atoms with Crippen molar-refractivity contribution >= 4 is 0 Å². The highest BCUT2D eigenvalue weighted by atomic mass is 16.5. The molecule has 0 aromatic rings. The highest BCUT2D eigenvalue weighted by Crippen LogP contribution is 2.21. The normalized spacial score (nSPS) is 25.4. The molecule has 0 bridgehead atoms. The lowest BCUT2D eigenvalue weighted by atomic mass is 9.99. The molecule has 1 fully saturated rings. The number of rotatable bonds is 5. The van der Waals surface area contributed by atoms with Gasteiger partial charge in [-0.3, -0.25) is 5.32 Å². The molecule has 1 heterocycles. The molecule has 16 heavy (non-hydrogen) atoms. The van der Waals surface area contributed by atoms with Crippen LogP contribution in [0.25, 0.3) is 0 Å². The maximum atomic E-state index is 5.74. The summed E-state index contributed by atoms with van der Waals surface area (Å²) in [7, 11) is 0. The van der Waals surface area contributed by atoms with Crippen LogP contribution in [0.2, 0.25) is 0 Å². The van der Waals surface area contributed by atoms with E-state index >= 15 is 0 Å². The molecule has 2 unspecified atom stereocenters. The third-order valence-electron chi connectivity index (χ3n) is 3.03. The summed E-state index contributed by atoms with van der Waals surface area (Å²) in [5, 5.41) is 3.52. The first kappa shape index (κ1) is 13.7. The third kappa shape index (κ3) is 5.13. The van der Waals surface area contributed by atoms with Gasteiger partial charge in [-0.2, -0.15) is 0 Å². The van der Waals surface area contributed by atoms with Crippen molar-refractivity contribution in [3.05, 3.63) is 11.6 Å². The van der Waals surface area contributed by atoms with Crippen molar-refractivity contribution < 1.29 is 4.74 Å². The van der Waals surface area contributed by atoms with Gasteiger partial charge in [0.15, 0.2) is 0 Å². The van der Waals surface area contributed by atoms with Crippen LogP contribution < -0.4 is 5.32 Å². The molecule has 2 atom stereocenters. The molecule has 0 aliphatic carbocycles. The Morgan fingerprint density at radius 1 is 1.50 bits per heavy atom. The minimum atomic E-state index is 0.157. The van der Waals surface area contributed by atoms with E-state index in [0.29, 0.717) is 0 Å². The predicted octanol–water partition coefficient (Wildman–Crippen LogP) is 3.48. The maximum Gasteiger partial charge on any atom is 0.108 e. The fourth-order valence-electron chi connectivity index (χ4n) is 2.09. The smallest absolute Gasteiger partial charge is 0.108 e. The monoisotopic (exact) mass is 225 g/mol. The summed E-state index contributed by atoms with van der Waals surface area (Å²) in [5.41, 5.74) is 1.58. The molecular formula is C14H27NO. The quantitative estimate of drug-likeness (QED) is 0.723. The van der Waals surface area contributed by atoms with E-state index in [-0.39, 0.29) is 11.8 Å². The minimum Gasteiger partial charge on any atom is -0.361 e. The van der Waals surface area contributed by atoms with Gasteiger partial charge in [0.1, 0.15) is 6.23 Å². The topological polar surface area (TPSA) is 21.3 Å². The van der Waals surface area contributed by atoms with Crippen molar-refractivity contribution in [1.82, 2.24) is 5.32 Å². The molecule has 0 saturated carbocycles. The largest absolute Gasteiger partial charge is 0.361 e. The van der Waals surface area contributed by atoms with E-state index in [1.54, 1.807) is 0 Å². The second-order valence-corrected chi connectivity index (χ2v) is 6.03. The zero-order valence-corrected chi connectivity index (χ0v) is 11.5. The molecule has 0 spiro atoms. The Hall–Kier alpha value is -0.340. The van der Waals surface area contributed by atoms with E-state index in [1.165, 1.54) is 18.4 Å². The van der Waals surface area contributed by atoms with Crippen molar-refractivity contribution in [1.29, 1.82) is 0 Å². The van der Waals surface area contributed by atoms with Crippen LogP contribution in [0.5, 0.6) is 0 Å². The number of nitrogens with one attached hydrogen (secondary N) is 1. The average molecular weight is 225 g/mol. The fraction of sp³-hybridized carbons (Fsp3) is 0.857. The van der Waals surface area contributed by atoms with Crippen LogP contribution in [0, 0.1) is 5.92 Å². The summed E-state index contributed by atoms with van der Waals surface area (Å²) in [6.45, 7) is 11.9. The molecule has 0 aromatic heterocycles. The lowest BCUT2D eigenvalue weighted by Crippen LogP contribution is -2.39. The lowest BCUT2D eigenvalue weighted by molar-refractivity contribution is 0.0789. The molecule has 1 aliphatic heterocycles. The molecule has 2 nitrogen and oxygen atoms in total. The summed E-state index contributed by atoms with van der Waals surface area (Å²) in [5.74, 6) is 0.724. The predicted molar refractivity (Wildman–Crippen MR) is 69.4 cm³/mol. The zero-order chi connectivity index (χ0) is 12.2. The van der Waals surface area contributed by atoms with Gasteiger partial charge < -0.3 is 4.74 Å². The Morgan fingerprint density at radius 3 is 2.69 bits per heavy atom. The van der Waals surface area contributed by atoms with Crippen LogP contribution in [0.4, 0.5) is 0 Å². The number of ether oxygens (including phenoxy) is 1. The molecule has 2 heteroatoms. The first-order valence-corrected chi connectivity index (χ1v) is 6.42. The second kappa shape index (κ2) is 5.83. The Kier molecular flexibility index (Phi) is 5.00. The van der Waals surface area contributed by atoms with Gasteiger partial charge in [0.05, 0.1) is 6.61 Å². The summed E-state index contributed by atoms with van der Waals surface area (Å²) in [4.78, 5) is 0. The Labute approximate surface area is 100 Å². The molecule has 1 N–H and O–H groups in total. The summed E-state index contributed by atoms with van der Waals surface area (Å²) in [6.07, 6.45) is 6.16. The standard InChI is InChI=1S/C14H27NO/c1-11(2)7-6-8-12(3)9-13-15-14(4,5)10-16-13/h7,12-13,15H,6,8-10H2,1-5H3. The zero-order valence-electron chi connectivity index (χ0n) is 11.5. The Bertz CT molecular complexity index is 241. The average Bonchev–Trinajstić information content (AvgIpc) is 2.44. The van der Waals surface area contributed by atoms with Gasteiger partial charge in [-0.05, 0) is 52.9 Å². The number of hydrogen-bond acceptors (Lipinski definition) is 2. The lowest BCUT2D eigenvalue weighted by Gasteiger charge is -2.19. The van der Waals surface area contributed by atoms with Crippen LogP contribution >= 0.6 is 0 Å². The van der Waals surface area contributed by atoms with Crippen LogP contribution in [0.3, 0.4) is 0 Å². The van der Waals surface area contributed by atoms with E-state index in [4.69, 9.17) is 4.74 Å². The highest BCUT2D eigenvalue weighted by Gasteiger charge is 2.31. The summed E-state index contributed by atoms with van der Waals surface area (Å²) >= 11 is 0. The van der Waals surface area contributed by atoms with E-state index in [1.807, 2.05) is 0 Å². The second-order valence-electron chi connectivity index (χ2n) is 6.03. The van der Waals surface area contributed by atoms with Gasteiger partial charge in [0, 0.05) is 5.54 Å². The molecule has 1 rings (SSSR count). The molecule has 94 valence electrons.